The molecule has 4 heteroatoms. The van der Waals surface area contributed by atoms with E-state index in [2.05, 4.69) is 10.6 Å². The van der Waals surface area contributed by atoms with Crippen molar-refractivity contribution in [2.75, 3.05) is 25.0 Å². The molecule has 80 valence electrons. The van der Waals surface area contributed by atoms with Crippen molar-refractivity contribution in [2.24, 2.45) is 0 Å². The molecule has 0 saturated carbocycles. The number of ether oxygens (including phenoxy) is 1. The molecule has 2 N–H and O–H groups in total. The Morgan fingerprint density at radius 1 is 1.33 bits per heavy atom. The molecule has 1 aliphatic rings. The van der Waals surface area contributed by atoms with Gasteiger partial charge >= 0.3 is 0 Å². The van der Waals surface area contributed by atoms with Crippen LogP contribution in [0.25, 0.3) is 0 Å². The molecule has 2 rings (SSSR count). The van der Waals surface area contributed by atoms with E-state index in [1.165, 1.54) is 0 Å². The van der Waals surface area contributed by atoms with E-state index in [4.69, 9.17) is 4.74 Å². The summed E-state index contributed by atoms with van der Waals surface area (Å²) in [4.78, 5) is 11.7. The van der Waals surface area contributed by atoms with Gasteiger partial charge in [0.15, 0.2) is 0 Å². The highest BCUT2D eigenvalue weighted by Crippen LogP contribution is 2.23. The molecule has 0 aromatic heterocycles. The highest BCUT2D eigenvalue weighted by Gasteiger charge is 2.15. The minimum atomic E-state index is -0.0449. The van der Waals surface area contributed by atoms with Gasteiger partial charge in [-0.1, -0.05) is 0 Å². The van der Waals surface area contributed by atoms with Crippen LogP contribution in [0.15, 0.2) is 18.2 Å². The second-order valence-corrected chi connectivity index (χ2v) is 3.32. The number of carbonyl (C=O) groups is 1. The van der Waals surface area contributed by atoms with Gasteiger partial charge in [0.1, 0.15) is 5.75 Å². The third-order valence-electron chi connectivity index (χ3n) is 2.27. The maximum Gasteiger partial charge on any atom is 0.253 e. The number of amides is 1. The zero-order valence-electron chi connectivity index (χ0n) is 8.67. The molecule has 0 saturated heterocycles. The Labute approximate surface area is 88.6 Å². The van der Waals surface area contributed by atoms with Gasteiger partial charge in [0, 0.05) is 18.8 Å². The quantitative estimate of drug-likeness (QED) is 0.765. The van der Waals surface area contributed by atoms with Crippen LogP contribution >= 0.6 is 0 Å². The maximum absolute atomic E-state index is 11.7. The van der Waals surface area contributed by atoms with Crippen LogP contribution in [0.1, 0.15) is 17.3 Å². The topological polar surface area (TPSA) is 50.4 Å². The lowest BCUT2D eigenvalue weighted by Crippen LogP contribution is -2.24. The number of hydrogen-bond acceptors (Lipinski definition) is 3. The van der Waals surface area contributed by atoms with Gasteiger partial charge in [0.2, 0.25) is 0 Å². The van der Waals surface area contributed by atoms with Crippen LogP contribution in [0.5, 0.6) is 5.75 Å². The van der Waals surface area contributed by atoms with Crippen molar-refractivity contribution in [3.63, 3.8) is 0 Å². The van der Waals surface area contributed by atoms with Crippen molar-refractivity contribution in [2.45, 2.75) is 6.92 Å². The SMILES string of the molecule is CCOc1ccc2c(c1)C(=O)NCCN2. The molecule has 1 aromatic carbocycles. The van der Waals surface area contributed by atoms with E-state index in [0.29, 0.717) is 18.7 Å². The first kappa shape index (κ1) is 9.83. The molecule has 1 aliphatic heterocycles. The number of rotatable bonds is 2. The fourth-order valence-electron chi connectivity index (χ4n) is 1.59. The van der Waals surface area contributed by atoms with E-state index in [-0.39, 0.29) is 5.91 Å². The normalized spacial score (nSPS) is 14.6. The Morgan fingerprint density at radius 3 is 2.93 bits per heavy atom. The zero-order valence-corrected chi connectivity index (χ0v) is 8.67. The van der Waals surface area contributed by atoms with E-state index >= 15 is 0 Å². The van der Waals surface area contributed by atoms with Gasteiger partial charge in [0.25, 0.3) is 5.91 Å². The van der Waals surface area contributed by atoms with Crippen molar-refractivity contribution in [1.29, 1.82) is 0 Å². The number of fused-ring (bicyclic) bond motifs is 1. The van der Waals surface area contributed by atoms with Gasteiger partial charge < -0.3 is 15.4 Å². The molecule has 0 fully saturated rings. The van der Waals surface area contributed by atoms with Gasteiger partial charge in [-0.15, -0.1) is 0 Å². The van der Waals surface area contributed by atoms with Gasteiger partial charge in [-0.25, -0.2) is 0 Å². The smallest absolute Gasteiger partial charge is 0.253 e. The largest absolute Gasteiger partial charge is 0.494 e. The molecule has 0 unspecified atom stereocenters. The van der Waals surface area contributed by atoms with Crippen LogP contribution in [0.2, 0.25) is 0 Å². The van der Waals surface area contributed by atoms with E-state index in [0.717, 1.165) is 18.0 Å². The van der Waals surface area contributed by atoms with Crippen molar-refractivity contribution < 1.29 is 9.53 Å². The molecule has 0 radical (unpaired) electrons. The lowest BCUT2D eigenvalue weighted by Gasteiger charge is -2.08. The summed E-state index contributed by atoms with van der Waals surface area (Å²) in [6, 6.07) is 5.52. The number of carbonyl (C=O) groups excluding carboxylic acids is 1. The summed E-state index contributed by atoms with van der Waals surface area (Å²) >= 11 is 0. The summed E-state index contributed by atoms with van der Waals surface area (Å²) in [5, 5.41) is 6.00. The molecule has 1 aromatic rings. The van der Waals surface area contributed by atoms with E-state index in [9.17, 15) is 4.79 Å². The molecule has 0 bridgehead atoms. The predicted octanol–water partition coefficient (Wildman–Crippen LogP) is 1.24. The first-order valence-corrected chi connectivity index (χ1v) is 5.10. The summed E-state index contributed by atoms with van der Waals surface area (Å²) < 4.78 is 5.35. The average molecular weight is 206 g/mol. The van der Waals surface area contributed by atoms with E-state index in [1.807, 2.05) is 19.1 Å². The molecule has 0 aliphatic carbocycles. The first-order chi connectivity index (χ1) is 7.31. The van der Waals surface area contributed by atoms with Gasteiger partial charge in [-0.05, 0) is 25.1 Å². The Kier molecular flexibility index (Phi) is 2.76. The molecule has 1 amide bonds. The monoisotopic (exact) mass is 206 g/mol. The van der Waals surface area contributed by atoms with Crippen LogP contribution in [-0.2, 0) is 0 Å². The second-order valence-electron chi connectivity index (χ2n) is 3.32. The summed E-state index contributed by atoms with van der Waals surface area (Å²) in [6.07, 6.45) is 0. The third kappa shape index (κ3) is 2.03. The number of hydrogen-bond donors (Lipinski definition) is 2. The third-order valence-corrected chi connectivity index (χ3v) is 2.27. The summed E-state index contributed by atoms with van der Waals surface area (Å²) in [5.41, 5.74) is 1.52. The lowest BCUT2D eigenvalue weighted by atomic mass is 10.1. The standard InChI is InChI=1S/C11H14N2O2/c1-2-15-8-3-4-10-9(7-8)11(14)13-6-5-12-10/h3-4,7,12H,2,5-6H2,1H3,(H,13,14). The van der Waals surface area contributed by atoms with Crippen LogP contribution in [0, 0.1) is 0 Å². The Hall–Kier alpha value is -1.71. The molecular formula is C11H14N2O2. The van der Waals surface area contributed by atoms with Crippen molar-refractivity contribution in [3.05, 3.63) is 23.8 Å². The highest BCUT2D eigenvalue weighted by molar-refractivity contribution is 6.00. The fourth-order valence-corrected chi connectivity index (χ4v) is 1.59. The van der Waals surface area contributed by atoms with Crippen LogP contribution in [-0.4, -0.2) is 25.6 Å². The number of anilines is 1. The Morgan fingerprint density at radius 2 is 2.13 bits per heavy atom. The molecule has 1 heterocycles. The minimum absolute atomic E-state index is 0.0449. The average Bonchev–Trinajstić information content (AvgIpc) is 2.42. The molecular weight excluding hydrogens is 192 g/mol. The lowest BCUT2D eigenvalue weighted by molar-refractivity contribution is 0.0957. The first-order valence-electron chi connectivity index (χ1n) is 5.10. The zero-order chi connectivity index (χ0) is 10.7. The van der Waals surface area contributed by atoms with Crippen LogP contribution in [0.3, 0.4) is 0 Å². The Balaban J connectivity index is 2.35. The number of benzene rings is 1. The summed E-state index contributed by atoms with van der Waals surface area (Å²) in [7, 11) is 0. The molecule has 0 spiro atoms. The second kappa shape index (κ2) is 4.21. The molecule has 4 nitrogen and oxygen atoms in total. The predicted molar refractivity (Wildman–Crippen MR) is 58.4 cm³/mol. The molecule has 0 atom stereocenters. The van der Waals surface area contributed by atoms with Gasteiger partial charge in [-0.2, -0.15) is 0 Å². The van der Waals surface area contributed by atoms with E-state index in [1.54, 1.807) is 6.07 Å². The highest BCUT2D eigenvalue weighted by atomic mass is 16.5. The summed E-state index contributed by atoms with van der Waals surface area (Å²) in [6.45, 7) is 3.93. The fraction of sp³-hybridized carbons (Fsp3) is 0.364. The van der Waals surface area contributed by atoms with Crippen LogP contribution < -0.4 is 15.4 Å². The van der Waals surface area contributed by atoms with Crippen molar-refractivity contribution >= 4 is 11.6 Å². The maximum atomic E-state index is 11.7. The van der Waals surface area contributed by atoms with Crippen molar-refractivity contribution in [1.82, 2.24) is 5.32 Å². The minimum Gasteiger partial charge on any atom is -0.494 e. The van der Waals surface area contributed by atoms with Gasteiger partial charge in [-0.3, -0.25) is 4.79 Å². The summed E-state index contributed by atoms with van der Waals surface area (Å²) in [5.74, 6) is 0.687. The van der Waals surface area contributed by atoms with E-state index < -0.39 is 0 Å². The Bertz CT molecular complexity index is 377. The number of nitrogens with one attached hydrogen (secondary N) is 2. The molecule has 15 heavy (non-hydrogen) atoms. The van der Waals surface area contributed by atoms with Gasteiger partial charge in [0.05, 0.1) is 12.2 Å². The van der Waals surface area contributed by atoms with Crippen LogP contribution in [0.4, 0.5) is 5.69 Å². The van der Waals surface area contributed by atoms with Crippen molar-refractivity contribution in [3.8, 4) is 5.75 Å².